The quantitative estimate of drug-likeness (QED) is 0.700. The number of benzene rings is 1. The van der Waals surface area contributed by atoms with Crippen LogP contribution in [-0.4, -0.2) is 24.3 Å². The molecule has 0 spiro atoms. The molecular weight excluding hydrogens is 314 g/mol. The second kappa shape index (κ2) is 7.32. The lowest BCUT2D eigenvalue weighted by molar-refractivity contribution is -0.119. The molecule has 0 aliphatic heterocycles. The summed E-state index contributed by atoms with van der Waals surface area (Å²) in [6.07, 6.45) is 0. The van der Waals surface area contributed by atoms with E-state index in [0.29, 0.717) is 22.8 Å². The van der Waals surface area contributed by atoms with Crippen molar-refractivity contribution in [2.24, 2.45) is 5.73 Å². The van der Waals surface area contributed by atoms with Crippen LogP contribution in [-0.2, 0) is 4.79 Å². The Morgan fingerprint density at radius 3 is 2.46 bits per heavy atom. The van der Waals surface area contributed by atoms with Gasteiger partial charge in [-0.2, -0.15) is 0 Å². The highest BCUT2D eigenvalue weighted by Gasteiger charge is 2.15. The average Bonchev–Trinajstić information content (AvgIpc) is 2.89. The molecule has 0 bridgehead atoms. The van der Waals surface area contributed by atoms with E-state index in [9.17, 15) is 14.4 Å². The van der Waals surface area contributed by atoms with Gasteiger partial charge in [-0.25, -0.2) is 0 Å². The molecule has 0 aliphatic carbocycles. The predicted molar refractivity (Wildman–Crippen MR) is 84.2 cm³/mol. The number of nitrogens with one attached hydrogen (secondary N) is 2. The van der Waals surface area contributed by atoms with E-state index in [-0.39, 0.29) is 12.2 Å². The van der Waals surface area contributed by atoms with Crippen LogP contribution in [0.1, 0.15) is 32.2 Å². The lowest BCUT2D eigenvalue weighted by Crippen LogP contribution is -2.41. The molecule has 8 heteroatoms. The molecule has 3 amide bonds. The van der Waals surface area contributed by atoms with E-state index in [1.807, 2.05) is 0 Å². The monoisotopic (exact) mass is 331 g/mol. The van der Waals surface area contributed by atoms with E-state index in [1.54, 1.807) is 32.0 Å². The summed E-state index contributed by atoms with van der Waals surface area (Å²) in [7, 11) is 0. The van der Waals surface area contributed by atoms with Crippen molar-refractivity contribution in [2.45, 2.75) is 13.8 Å². The molecule has 0 saturated heterocycles. The summed E-state index contributed by atoms with van der Waals surface area (Å²) in [5.74, 6) is -0.272. The van der Waals surface area contributed by atoms with Gasteiger partial charge in [0.05, 0.1) is 5.56 Å². The van der Waals surface area contributed by atoms with Gasteiger partial charge >= 0.3 is 0 Å². The SMILES string of the molecule is Cc1cc(C(=O)NNC(=O)c2cccc(OCC(N)=O)c2)c(C)o1. The van der Waals surface area contributed by atoms with Crippen LogP contribution in [0.5, 0.6) is 5.75 Å². The van der Waals surface area contributed by atoms with Gasteiger partial charge in [0.15, 0.2) is 6.61 Å². The molecule has 0 fully saturated rings. The van der Waals surface area contributed by atoms with Crippen molar-refractivity contribution in [1.82, 2.24) is 10.9 Å². The predicted octanol–water partition coefficient (Wildman–Crippen LogP) is 0.835. The highest BCUT2D eigenvalue weighted by molar-refractivity contribution is 5.99. The molecule has 0 aliphatic rings. The van der Waals surface area contributed by atoms with Gasteiger partial charge in [-0.05, 0) is 38.1 Å². The molecule has 24 heavy (non-hydrogen) atoms. The standard InChI is InChI=1S/C16H17N3O5/c1-9-6-13(10(2)24-9)16(22)19-18-15(21)11-4-3-5-12(7-11)23-8-14(17)20/h3-7H,8H2,1-2H3,(H2,17,20)(H,18,21)(H,19,22). The minimum Gasteiger partial charge on any atom is -0.484 e. The first kappa shape index (κ1) is 17.1. The van der Waals surface area contributed by atoms with E-state index in [2.05, 4.69) is 10.9 Å². The smallest absolute Gasteiger partial charge is 0.273 e. The molecule has 0 unspecified atom stereocenters. The molecule has 0 atom stereocenters. The number of carbonyl (C=O) groups excluding carboxylic acids is 3. The van der Waals surface area contributed by atoms with Gasteiger partial charge in [-0.15, -0.1) is 0 Å². The van der Waals surface area contributed by atoms with Gasteiger partial charge in [-0.1, -0.05) is 6.07 Å². The van der Waals surface area contributed by atoms with E-state index in [4.69, 9.17) is 14.9 Å². The van der Waals surface area contributed by atoms with Gasteiger partial charge in [0, 0.05) is 5.56 Å². The molecule has 1 aromatic carbocycles. The van der Waals surface area contributed by atoms with Crippen LogP contribution in [0.4, 0.5) is 0 Å². The molecule has 0 radical (unpaired) electrons. The highest BCUT2D eigenvalue weighted by atomic mass is 16.5. The van der Waals surface area contributed by atoms with Crippen molar-refractivity contribution in [3.63, 3.8) is 0 Å². The number of ether oxygens (including phenoxy) is 1. The van der Waals surface area contributed by atoms with Crippen LogP contribution in [0, 0.1) is 13.8 Å². The summed E-state index contributed by atoms with van der Waals surface area (Å²) >= 11 is 0. The lowest BCUT2D eigenvalue weighted by Gasteiger charge is -2.08. The zero-order chi connectivity index (χ0) is 17.7. The van der Waals surface area contributed by atoms with Gasteiger partial charge in [-0.3, -0.25) is 25.2 Å². The Bertz CT molecular complexity index is 782. The Morgan fingerprint density at radius 2 is 1.83 bits per heavy atom. The van der Waals surface area contributed by atoms with Crippen LogP contribution in [0.2, 0.25) is 0 Å². The van der Waals surface area contributed by atoms with Gasteiger partial charge in [0.1, 0.15) is 17.3 Å². The van der Waals surface area contributed by atoms with E-state index in [1.165, 1.54) is 12.1 Å². The van der Waals surface area contributed by atoms with Gasteiger partial charge in [0.25, 0.3) is 17.7 Å². The van der Waals surface area contributed by atoms with Crippen molar-refractivity contribution in [3.8, 4) is 5.75 Å². The van der Waals surface area contributed by atoms with Crippen LogP contribution in [0.25, 0.3) is 0 Å². The third-order valence-electron chi connectivity index (χ3n) is 3.05. The van der Waals surface area contributed by atoms with Crippen LogP contribution in [0.3, 0.4) is 0 Å². The van der Waals surface area contributed by atoms with Crippen molar-refractivity contribution in [2.75, 3.05) is 6.61 Å². The van der Waals surface area contributed by atoms with Crippen molar-refractivity contribution in [3.05, 3.63) is 53.0 Å². The Kier molecular flexibility index (Phi) is 5.20. The number of hydrogen-bond acceptors (Lipinski definition) is 5. The number of hydrogen-bond donors (Lipinski definition) is 3. The summed E-state index contributed by atoms with van der Waals surface area (Å²) in [6, 6.07) is 7.70. The van der Waals surface area contributed by atoms with Crippen LogP contribution < -0.4 is 21.3 Å². The average molecular weight is 331 g/mol. The fourth-order valence-corrected chi connectivity index (χ4v) is 1.99. The van der Waals surface area contributed by atoms with E-state index < -0.39 is 17.7 Å². The molecule has 126 valence electrons. The molecule has 0 saturated carbocycles. The summed E-state index contributed by atoms with van der Waals surface area (Å²) in [5, 5.41) is 0. The first-order chi connectivity index (χ1) is 11.4. The second-order valence-electron chi connectivity index (χ2n) is 5.02. The maximum absolute atomic E-state index is 12.1. The fraction of sp³-hybridized carbons (Fsp3) is 0.188. The lowest BCUT2D eigenvalue weighted by atomic mass is 10.2. The summed E-state index contributed by atoms with van der Waals surface area (Å²) in [6.45, 7) is 3.09. The number of amides is 3. The van der Waals surface area contributed by atoms with Crippen molar-refractivity contribution in [1.29, 1.82) is 0 Å². The summed E-state index contributed by atoms with van der Waals surface area (Å²) < 4.78 is 10.4. The van der Waals surface area contributed by atoms with Gasteiger partial charge < -0.3 is 14.9 Å². The van der Waals surface area contributed by atoms with E-state index in [0.717, 1.165) is 0 Å². The van der Waals surface area contributed by atoms with Crippen molar-refractivity contribution < 1.29 is 23.5 Å². The molecule has 8 nitrogen and oxygen atoms in total. The third kappa shape index (κ3) is 4.35. The Labute approximate surface area is 137 Å². The summed E-state index contributed by atoms with van der Waals surface area (Å²) in [4.78, 5) is 34.8. The first-order valence-corrected chi connectivity index (χ1v) is 7.05. The highest BCUT2D eigenvalue weighted by Crippen LogP contribution is 2.14. The number of hydrazine groups is 1. The normalized spacial score (nSPS) is 10.1. The maximum atomic E-state index is 12.1. The molecule has 1 heterocycles. The van der Waals surface area contributed by atoms with Crippen molar-refractivity contribution >= 4 is 17.7 Å². The van der Waals surface area contributed by atoms with E-state index >= 15 is 0 Å². The maximum Gasteiger partial charge on any atom is 0.273 e. The largest absolute Gasteiger partial charge is 0.484 e. The third-order valence-corrected chi connectivity index (χ3v) is 3.05. The van der Waals surface area contributed by atoms with Gasteiger partial charge in [0.2, 0.25) is 0 Å². The van der Waals surface area contributed by atoms with Crippen LogP contribution in [0.15, 0.2) is 34.7 Å². The Balaban J connectivity index is 1.97. The fourth-order valence-electron chi connectivity index (χ4n) is 1.99. The Morgan fingerprint density at radius 1 is 1.12 bits per heavy atom. The summed E-state index contributed by atoms with van der Waals surface area (Å²) in [5.41, 5.74) is 10.2. The second-order valence-corrected chi connectivity index (χ2v) is 5.02. The number of carbonyl (C=O) groups is 3. The zero-order valence-corrected chi connectivity index (χ0v) is 13.2. The molecule has 1 aromatic heterocycles. The Hall–Kier alpha value is -3.29. The van der Waals surface area contributed by atoms with Crippen LogP contribution >= 0.6 is 0 Å². The molecular formula is C16H17N3O5. The number of primary amides is 1. The number of nitrogens with two attached hydrogens (primary N) is 1. The number of rotatable bonds is 5. The minimum absolute atomic E-state index is 0.248. The molecule has 2 rings (SSSR count). The zero-order valence-electron chi connectivity index (χ0n) is 13.2. The topological polar surface area (TPSA) is 124 Å². The number of furan rings is 1. The first-order valence-electron chi connectivity index (χ1n) is 7.05. The molecule has 2 aromatic rings. The minimum atomic E-state index is -0.622. The molecule has 4 N–H and O–H groups in total. The number of aryl methyl sites for hydroxylation is 2.